The molecule has 102 valence electrons. The Labute approximate surface area is 109 Å². The van der Waals surface area contributed by atoms with E-state index in [-0.39, 0.29) is 0 Å². The molecule has 1 aromatic rings. The summed E-state index contributed by atoms with van der Waals surface area (Å²) in [5.74, 6) is 0.836. The maximum Gasteiger partial charge on any atom is 0.152 e. The van der Waals surface area contributed by atoms with Crippen LogP contribution in [-0.2, 0) is 9.47 Å². The van der Waals surface area contributed by atoms with Crippen molar-refractivity contribution in [3.8, 4) is 0 Å². The van der Waals surface area contributed by atoms with E-state index >= 15 is 0 Å². The standard InChI is InChI=1S/C13H23N3O2/c1-11-5-6-15-13(12(11)14)16(8-10-18-3)7-4-9-17-2/h5-6H,4,7-10,14H2,1-3H3. The van der Waals surface area contributed by atoms with Crippen LogP contribution in [0.3, 0.4) is 0 Å². The van der Waals surface area contributed by atoms with E-state index in [1.165, 1.54) is 0 Å². The Hall–Kier alpha value is -1.33. The molecule has 5 nitrogen and oxygen atoms in total. The highest BCUT2D eigenvalue weighted by molar-refractivity contribution is 5.66. The van der Waals surface area contributed by atoms with E-state index in [1.54, 1.807) is 20.4 Å². The maximum absolute atomic E-state index is 6.08. The van der Waals surface area contributed by atoms with Gasteiger partial charge in [-0.15, -0.1) is 0 Å². The molecular formula is C13H23N3O2. The average molecular weight is 253 g/mol. The molecule has 0 aliphatic carbocycles. The van der Waals surface area contributed by atoms with Crippen molar-refractivity contribution in [2.24, 2.45) is 0 Å². The quantitative estimate of drug-likeness (QED) is 0.711. The Kier molecular flexibility index (Phi) is 6.46. The zero-order valence-electron chi connectivity index (χ0n) is 11.5. The van der Waals surface area contributed by atoms with E-state index in [9.17, 15) is 0 Å². The molecule has 0 aliphatic rings. The van der Waals surface area contributed by atoms with Gasteiger partial charge in [-0.1, -0.05) is 0 Å². The summed E-state index contributed by atoms with van der Waals surface area (Å²) >= 11 is 0. The van der Waals surface area contributed by atoms with Gasteiger partial charge in [0.1, 0.15) is 0 Å². The normalized spacial score (nSPS) is 10.6. The fourth-order valence-electron chi connectivity index (χ4n) is 1.73. The highest BCUT2D eigenvalue weighted by atomic mass is 16.5. The van der Waals surface area contributed by atoms with Gasteiger partial charge in [0.25, 0.3) is 0 Å². The summed E-state index contributed by atoms with van der Waals surface area (Å²) in [4.78, 5) is 6.52. The highest BCUT2D eigenvalue weighted by Gasteiger charge is 2.12. The molecule has 0 radical (unpaired) electrons. The van der Waals surface area contributed by atoms with Crippen molar-refractivity contribution in [2.75, 3.05) is 51.2 Å². The summed E-state index contributed by atoms with van der Waals surface area (Å²) < 4.78 is 10.2. The number of aromatic nitrogens is 1. The van der Waals surface area contributed by atoms with Crippen LogP contribution in [0.25, 0.3) is 0 Å². The smallest absolute Gasteiger partial charge is 0.152 e. The van der Waals surface area contributed by atoms with Crippen LogP contribution in [0.1, 0.15) is 12.0 Å². The first-order valence-corrected chi connectivity index (χ1v) is 6.14. The number of hydrogen-bond acceptors (Lipinski definition) is 5. The van der Waals surface area contributed by atoms with Crippen molar-refractivity contribution >= 4 is 11.5 Å². The van der Waals surface area contributed by atoms with Gasteiger partial charge < -0.3 is 20.1 Å². The van der Waals surface area contributed by atoms with Gasteiger partial charge in [0, 0.05) is 40.1 Å². The van der Waals surface area contributed by atoms with Crippen molar-refractivity contribution in [3.05, 3.63) is 17.8 Å². The zero-order chi connectivity index (χ0) is 13.4. The molecule has 0 amide bonds. The summed E-state index contributed by atoms with van der Waals surface area (Å²) in [7, 11) is 3.40. The molecule has 1 aromatic heterocycles. The fraction of sp³-hybridized carbons (Fsp3) is 0.615. The van der Waals surface area contributed by atoms with Crippen molar-refractivity contribution < 1.29 is 9.47 Å². The SMILES string of the molecule is COCCCN(CCOC)c1nccc(C)c1N. The predicted molar refractivity (Wildman–Crippen MR) is 74.0 cm³/mol. The number of nitrogens with two attached hydrogens (primary N) is 1. The number of nitrogen functional groups attached to an aromatic ring is 1. The molecule has 0 saturated carbocycles. The number of ether oxygens (including phenoxy) is 2. The maximum atomic E-state index is 6.08. The van der Waals surface area contributed by atoms with E-state index in [0.29, 0.717) is 6.61 Å². The molecule has 1 rings (SSSR count). The average Bonchev–Trinajstić information content (AvgIpc) is 2.37. The fourth-order valence-corrected chi connectivity index (χ4v) is 1.73. The van der Waals surface area contributed by atoms with Crippen LogP contribution < -0.4 is 10.6 Å². The number of anilines is 2. The molecule has 0 aromatic carbocycles. The van der Waals surface area contributed by atoms with Crippen LogP contribution in [-0.4, -0.2) is 45.5 Å². The Morgan fingerprint density at radius 1 is 1.22 bits per heavy atom. The molecule has 5 heteroatoms. The van der Waals surface area contributed by atoms with Gasteiger partial charge in [0.2, 0.25) is 0 Å². The third-order valence-corrected chi connectivity index (χ3v) is 2.83. The summed E-state index contributed by atoms with van der Waals surface area (Å²) in [6.45, 7) is 5.01. The molecule has 1 heterocycles. The molecule has 0 fully saturated rings. The van der Waals surface area contributed by atoms with Crippen LogP contribution in [0, 0.1) is 6.92 Å². The topological polar surface area (TPSA) is 60.6 Å². The van der Waals surface area contributed by atoms with Gasteiger partial charge in [-0.05, 0) is 25.0 Å². The molecule has 0 bridgehead atoms. The summed E-state index contributed by atoms with van der Waals surface area (Å²) in [6, 6.07) is 1.92. The van der Waals surface area contributed by atoms with E-state index in [2.05, 4.69) is 9.88 Å². The monoisotopic (exact) mass is 253 g/mol. The van der Waals surface area contributed by atoms with Gasteiger partial charge >= 0.3 is 0 Å². The number of hydrogen-bond donors (Lipinski definition) is 1. The minimum absolute atomic E-state index is 0.655. The van der Waals surface area contributed by atoms with Crippen LogP contribution in [0.15, 0.2) is 12.3 Å². The number of pyridine rings is 1. The van der Waals surface area contributed by atoms with Crippen LogP contribution in [0.5, 0.6) is 0 Å². The van der Waals surface area contributed by atoms with Gasteiger partial charge in [-0.3, -0.25) is 0 Å². The number of nitrogens with zero attached hydrogens (tertiary/aromatic N) is 2. The largest absolute Gasteiger partial charge is 0.396 e. The molecule has 0 aliphatic heterocycles. The van der Waals surface area contributed by atoms with E-state index in [4.69, 9.17) is 15.2 Å². The van der Waals surface area contributed by atoms with Crippen molar-refractivity contribution in [3.63, 3.8) is 0 Å². The summed E-state index contributed by atoms with van der Waals surface area (Å²) in [6.07, 6.45) is 2.73. The Bertz CT molecular complexity index is 358. The molecular weight excluding hydrogens is 230 g/mol. The summed E-state index contributed by atoms with van der Waals surface area (Å²) in [5.41, 5.74) is 7.88. The second-order valence-electron chi connectivity index (χ2n) is 4.19. The predicted octanol–water partition coefficient (Wildman–Crippen LogP) is 1.46. The molecule has 0 unspecified atom stereocenters. The van der Waals surface area contributed by atoms with Gasteiger partial charge in [-0.25, -0.2) is 4.98 Å². The van der Waals surface area contributed by atoms with Crippen molar-refractivity contribution in [2.45, 2.75) is 13.3 Å². The van der Waals surface area contributed by atoms with E-state index in [0.717, 1.165) is 43.2 Å². The highest BCUT2D eigenvalue weighted by Crippen LogP contribution is 2.23. The first-order chi connectivity index (χ1) is 8.70. The first kappa shape index (κ1) is 14.7. The Balaban J connectivity index is 2.76. The lowest BCUT2D eigenvalue weighted by atomic mass is 10.2. The second-order valence-corrected chi connectivity index (χ2v) is 4.19. The number of rotatable bonds is 8. The van der Waals surface area contributed by atoms with Crippen molar-refractivity contribution in [1.29, 1.82) is 0 Å². The van der Waals surface area contributed by atoms with Crippen molar-refractivity contribution in [1.82, 2.24) is 4.98 Å². The molecule has 0 saturated heterocycles. The molecule has 0 spiro atoms. The second kappa shape index (κ2) is 7.89. The zero-order valence-corrected chi connectivity index (χ0v) is 11.5. The minimum atomic E-state index is 0.655. The van der Waals surface area contributed by atoms with Crippen LogP contribution in [0.2, 0.25) is 0 Å². The van der Waals surface area contributed by atoms with E-state index < -0.39 is 0 Å². The number of methoxy groups -OCH3 is 2. The lowest BCUT2D eigenvalue weighted by Gasteiger charge is -2.25. The van der Waals surface area contributed by atoms with Gasteiger partial charge in [0.15, 0.2) is 5.82 Å². The lowest BCUT2D eigenvalue weighted by molar-refractivity contribution is 0.191. The van der Waals surface area contributed by atoms with Crippen LogP contribution >= 0.6 is 0 Å². The molecule has 18 heavy (non-hydrogen) atoms. The number of aryl methyl sites for hydroxylation is 1. The van der Waals surface area contributed by atoms with Crippen LogP contribution in [0.4, 0.5) is 11.5 Å². The minimum Gasteiger partial charge on any atom is -0.396 e. The van der Waals surface area contributed by atoms with Gasteiger partial charge in [-0.2, -0.15) is 0 Å². The van der Waals surface area contributed by atoms with E-state index in [1.807, 2.05) is 13.0 Å². The molecule has 0 atom stereocenters. The first-order valence-electron chi connectivity index (χ1n) is 6.14. The Morgan fingerprint density at radius 3 is 2.61 bits per heavy atom. The Morgan fingerprint density at radius 2 is 1.94 bits per heavy atom. The third kappa shape index (κ3) is 4.16. The van der Waals surface area contributed by atoms with Gasteiger partial charge in [0.05, 0.1) is 12.3 Å². The molecule has 2 N–H and O–H groups in total. The summed E-state index contributed by atoms with van der Waals surface area (Å²) in [5, 5.41) is 0. The lowest BCUT2D eigenvalue weighted by Crippen LogP contribution is -2.30. The third-order valence-electron chi connectivity index (χ3n) is 2.83.